The van der Waals surface area contributed by atoms with Crippen molar-refractivity contribution in [1.29, 1.82) is 0 Å². The molecule has 1 aliphatic carbocycles. The van der Waals surface area contributed by atoms with E-state index in [1.165, 1.54) is 11.3 Å². The summed E-state index contributed by atoms with van der Waals surface area (Å²) in [5.74, 6) is 0.419. The van der Waals surface area contributed by atoms with Gasteiger partial charge in [-0.25, -0.2) is 4.98 Å². The molecule has 4 rings (SSSR count). The molecule has 0 saturated carbocycles. The number of nitrogen functional groups attached to an aromatic ring is 1. The number of benzene rings is 2. The third-order valence-corrected chi connectivity index (χ3v) is 5.39. The Morgan fingerprint density at radius 1 is 1.20 bits per heavy atom. The Bertz CT molecular complexity index is 997. The Morgan fingerprint density at radius 3 is 2.68 bits per heavy atom. The van der Waals surface area contributed by atoms with E-state index in [1.807, 2.05) is 36.4 Å². The molecule has 0 unspecified atom stereocenters. The van der Waals surface area contributed by atoms with Crippen molar-refractivity contribution in [2.45, 2.75) is 6.42 Å². The van der Waals surface area contributed by atoms with Gasteiger partial charge in [0.2, 0.25) is 0 Å². The summed E-state index contributed by atoms with van der Waals surface area (Å²) in [5, 5.41) is 0.474. The minimum Gasteiger partial charge on any atom is -0.480 e. The molecule has 0 fully saturated rings. The van der Waals surface area contributed by atoms with Crippen molar-refractivity contribution in [3.63, 3.8) is 0 Å². The van der Waals surface area contributed by atoms with E-state index in [0.29, 0.717) is 17.3 Å². The number of fused-ring (bicyclic) bond motifs is 3. The lowest BCUT2D eigenvalue weighted by atomic mass is 9.96. The molecule has 4 N–H and O–H groups in total. The summed E-state index contributed by atoms with van der Waals surface area (Å²) in [5.41, 5.74) is 10.5. The van der Waals surface area contributed by atoms with E-state index in [2.05, 4.69) is 4.98 Å². The first kappa shape index (κ1) is 16.3. The van der Waals surface area contributed by atoms with Crippen molar-refractivity contribution in [3.8, 4) is 28.1 Å². The normalized spacial score (nSPS) is 12.7. The van der Waals surface area contributed by atoms with E-state index in [9.17, 15) is 4.57 Å². The molecule has 25 heavy (non-hydrogen) atoms. The Labute approximate surface area is 148 Å². The monoisotopic (exact) mass is 374 g/mol. The van der Waals surface area contributed by atoms with Crippen LogP contribution < -0.4 is 10.5 Å². The van der Waals surface area contributed by atoms with Crippen LogP contribution in [0.3, 0.4) is 0 Å². The number of nitrogens with zero attached hydrogens (tertiary/aromatic N) is 1. The fourth-order valence-electron chi connectivity index (χ4n) is 3.08. The van der Waals surface area contributed by atoms with Crippen LogP contribution in [0, 0.1) is 0 Å². The van der Waals surface area contributed by atoms with E-state index in [0.717, 1.165) is 32.8 Å². The zero-order valence-electron chi connectivity index (χ0n) is 13.0. The molecule has 128 valence electrons. The van der Waals surface area contributed by atoms with Crippen LogP contribution in [-0.4, -0.2) is 21.1 Å². The number of anilines is 1. The summed E-state index contributed by atoms with van der Waals surface area (Å²) < 4.78 is 16.6. The summed E-state index contributed by atoms with van der Waals surface area (Å²) in [6.45, 7) is 0. The van der Waals surface area contributed by atoms with Gasteiger partial charge in [0.25, 0.3) is 0 Å². The van der Waals surface area contributed by atoms with Gasteiger partial charge in [-0.15, -0.1) is 11.3 Å². The lowest BCUT2D eigenvalue weighted by molar-refractivity contribution is 0.301. The van der Waals surface area contributed by atoms with Gasteiger partial charge in [-0.05, 0) is 22.8 Å². The topological polar surface area (TPSA) is 106 Å². The second-order valence-electron chi connectivity index (χ2n) is 5.77. The zero-order valence-corrected chi connectivity index (χ0v) is 14.8. The molecule has 8 heteroatoms. The molecular weight excluding hydrogens is 359 g/mol. The van der Waals surface area contributed by atoms with Gasteiger partial charge in [-0.3, -0.25) is 4.57 Å². The molecule has 3 aromatic rings. The number of rotatable bonds is 4. The summed E-state index contributed by atoms with van der Waals surface area (Å²) >= 11 is 1.43. The Balaban J connectivity index is 1.86. The van der Waals surface area contributed by atoms with Gasteiger partial charge in [0, 0.05) is 16.9 Å². The number of thiazole rings is 1. The van der Waals surface area contributed by atoms with Gasteiger partial charge in [0.15, 0.2) is 11.5 Å². The second-order valence-corrected chi connectivity index (χ2v) is 8.47. The van der Waals surface area contributed by atoms with Crippen molar-refractivity contribution < 1.29 is 19.1 Å². The highest BCUT2D eigenvalue weighted by molar-refractivity contribution is 7.51. The van der Waals surface area contributed by atoms with Crippen LogP contribution in [-0.2, 0) is 11.0 Å². The van der Waals surface area contributed by atoms with Gasteiger partial charge in [0.05, 0.1) is 5.69 Å². The fraction of sp³-hybridized carbons (Fsp3) is 0.118. The molecule has 0 spiro atoms. The van der Waals surface area contributed by atoms with Crippen molar-refractivity contribution in [3.05, 3.63) is 52.9 Å². The maximum atomic E-state index is 11.2. The van der Waals surface area contributed by atoms with E-state index < -0.39 is 13.9 Å². The fourth-order valence-corrected chi connectivity index (χ4v) is 4.23. The molecule has 6 nitrogen and oxygen atoms in total. The van der Waals surface area contributed by atoms with Crippen LogP contribution in [0.2, 0.25) is 0 Å². The van der Waals surface area contributed by atoms with Crippen molar-refractivity contribution in [2.75, 3.05) is 12.1 Å². The van der Waals surface area contributed by atoms with Crippen LogP contribution in [0.25, 0.3) is 22.4 Å². The Hall–Kier alpha value is -2.18. The third-order valence-electron chi connectivity index (χ3n) is 4.04. The van der Waals surface area contributed by atoms with Crippen molar-refractivity contribution >= 4 is 24.1 Å². The molecule has 1 aliphatic rings. The Kier molecular flexibility index (Phi) is 3.89. The second kappa shape index (κ2) is 5.97. The lowest BCUT2D eigenvalue weighted by Crippen LogP contribution is -2.01. The van der Waals surface area contributed by atoms with E-state index in [4.69, 9.17) is 20.3 Å². The number of hydrogen-bond acceptors (Lipinski definition) is 5. The van der Waals surface area contributed by atoms with Crippen molar-refractivity contribution in [2.24, 2.45) is 0 Å². The highest BCUT2D eigenvalue weighted by Gasteiger charge is 2.30. The Morgan fingerprint density at radius 2 is 1.96 bits per heavy atom. The third kappa shape index (κ3) is 3.07. The van der Waals surface area contributed by atoms with Crippen LogP contribution in [0.1, 0.15) is 10.4 Å². The van der Waals surface area contributed by atoms with Gasteiger partial charge < -0.3 is 20.3 Å². The molecule has 2 aromatic carbocycles. The molecule has 1 aromatic heterocycles. The zero-order chi connectivity index (χ0) is 17.6. The quantitative estimate of drug-likeness (QED) is 0.472. The first-order chi connectivity index (χ1) is 11.9. The maximum Gasteiger partial charge on any atom is 0.362 e. The predicted molar refractivity (Wildman–Crippen MR) is 97.7 cm³/mol. The minimum absolute atomic E-state index is 0.419. The first-order valence-corrected chi connectivity index (χ1v) is 10.2. The van der Waals surface area contributed by atoms with Crippen LogP contribution in [0.5, 0.6) is 5.75 Å². The average Bonchev–Trinajstić information content (AvgIpc) is 3.09. The standard InChI is InChI=1S/C17H15N2O4PS/c18-17-19-16-14(25-17)8-12-11(10-4-2-1-3-5-10)6-7-13(15(12)16)23-9-24(20,21)22/h1-7H,8-9H2,(H2,18,19)(H2,20,21,22). The van der Waals surface area contributed by atoms with E-state index >= 15 is 0 Å². The summed E-state index contributed by atoms with van der Waals surface area (Å²) in [6, 6.07) is 13.6. The summed E-state index contributed by atoms with van der Waals surface area (Å²) in [7, 11) is -4.27. The van der Waals surface area contributed by atoms with Crippen LogP contribution in [0.15, 0.2) is 42.5 Å². The molecular formula is C17H15N2O4PS. The smallest absolute Gasteiger partial charge is 0.362 e. The van der Waals surface area contributed by atoms with Gasteiger partial charge in [-0.2, -0.15) is 0 Å². The SMILES string of the molecule is Nc1nc2c(s1)Cc1c(-c3ccccc3)ccc(OCP(=O)(O)O)c1-2. The molecule has 0 radical (unpaired) electrons. The maximum absolute atomic E-state index is 11.2. The molecule has 0 atom stereocenters. The average molecular weight is 374 g/mol. The summed E-state index contributed by atoms with van der Waals surface area (Å²) in [4.78, 5) is 23.7. The van der Waals surface area contributed by atoms with Gasteiger partial charge in [-0.1, -0.05) is 36.4 Å². The van der Waals surface area contributed by atoms with E-state index in [1.54, 1.807) is 6.07 Å². The van der Waals surface area contributed by atoms with Gasteiger partial charge in [0.1, 0.15) is 5.75 Å². The number of aromatic nitrogens is 1. The molecule has 0 bridgehead atoms. The highest BCUT2D eigenvalue weighted by Crippen LogP contribution is 2.49. The first-order valence-electron chi connectivity index (χ1n) is 7.56. The lowest BCUT2D eigenvalue weighted by Gasteiger charge is -2.15. The number of nitrogens with two attached hydrogens (primary N) is 1. The number of ether oxygens (including phenoxy) is 1. The summed E-state index contributed by atoms with van der Waals surface area (Å²) in [6.07, 6.45) is 0.00987. The molecule has 0 aliphatic heterocycles. The van der Waals surface area contributed by atoms with Gasteiger partial charge >= 0.3 is 7.60 Å². The molecule has 1 heterocycles. The number of hydrogen-bond donors (Lipinski definition) is 3. The van der Waals surface area contributed by atoms with Crippen LogP contribution in [0.4, 0.5) is 5.13 Å². The molecule has 0 amide bonds. The van der Waals surface area contributed by atoms with Crippen LogP contribution >= 0.6 is 18.9 Å². The van der Waals surface area contributed by atoms with E-state index in [-0.39, 0.29) is 0 Å². The molecule has 0 saturated heterocycles. The van der Waals surface area contributed by atoms with Crippen molar-refractivity contribution in [1.82, 2.24) is 4.98 Å². The highest BCUT2D eigenvalue weighted by atomic mass is 32.1. The predicted octanol–water partition coefficient (Wildman–Crippen LogP) is 3.48. The minimum atomic E-state index is -4.27. The largest absolute Gasteiger partial charge is 0.480 e.